The Morgan fingerprint density at radius 1 is 1.55 bits per heavy atom. The Morgan fingerprint density at radius 3 is 3.15 bits per heavy atom. The molecule has 0 amide bonds. The van der Waals surface area contributed by atoms with Gasteiger partial charge in [0.15, 0.2) is 5.96 Å². The van der Waals surface area contributed by atoms with Gasteiger partial charge in [0, 0.05) is 18.4 Å². The molecule has 4 nitrogen and oxygen atoms in total. The van der Waals surface area contributed by atoms with Crippen LogP contribution in [0.2, 0.25) is 0 Å². The number of fused-ring (bicyclic) bond motifs is 1. The average molecular weight is 293 g/mol. The highest BCUT2D eigenvalue weighted by atomic mass is 32.2. The Labute approximate surface area is 125 Å². The molecule has 0 fully saturated rings. The van der Waals surface area contributed by atoms with E-state index >= 15 is 0 Å². The monoisotopic (exact) mass is 293 g/mol. The van der Waals surface area contributed by atoms with Crippen molar-refractivity contribution in [2.45, 2.75) is 24.6 Å². The second kappa shape index (κ2) is 7.55. The summed E-state index contributed by atoms with van der Waals surface area (Å²) in [6.07, 6.45) is 1.15. The number of methoxy groups -OCH3 is 1. The summed E-state index contributed by atoms with van der Waals surface area (Å²) in [7, 11) is 1.68. The zero-order chi connectivity index (χ0) is 14.4. The van der Waals surface area contributed by atoms with Crippen molar-refractivity contribution in [3.05, 3.63) is 35.4 Å². The zero-order valence-electron chi connectivity index (χ0n) is 12.1. The molecule has 0 saturated heterocycles. The second-order valence-electron chi connectivity index (χ2n) is 5.03. The van der Waals surface area contributed by atoms with Gasteiger partial charge in [0.05, 0.1) is 13.2 Å². The summed E-state index contributed by atoms with van der Waals surface area (Å²) in [5, 5.41) is 3.55. The lowest BCUT2D eigenvalue weighted by molar-refractivity contribution is 0.179. The molecule has 0 aromatic heterocycles. The number of nitrogens with zero attached hydrogens (tertiary/aromatic N) is 1. The maximum Gasteiger partial charge on any atom is 0.188 e. The van der Waals surface area contributed by atoms with Crippen molar-refractivity contribution in [1.82, 2.24) is 5.32 Å². The summed E-state index contributed by atoms with van der Waals surface area (Å²) in [5.74, 6) is 1.66. The lowest BCUT2D eigenvalue weighted by atomic mass is 10.0. The minimum Gasteiger partial charge on any atom is -0.383 e. The summed E-state index contributed by atoms with van der Waals surface area (Å²) >= 11 is 1.96. The van der Waals surface area contributed by atoms with Gasteiger partial charge in [0.1, 0.15) is 0 Å². The van der Waals surface area contributed by atoms with E-state index in [0.717, 1.165) is 18.7 Å². The molecule has 1 aliphatic heterocycles. The van der Waals surface area contributed by atoms with Crippen LogP contribution in [0.15, 0.2) is 29.3 Å². The van der Waals surface area contributed by atoms with Crippen LogP contribution in [0.25, 0.3) is 0 Å². The van der Waals surface area contributed by atoms with E-state index in [1.807, 2.05) is 18.7 Å². The molecule has 1 aliphatic rings. The van der Waals surface area contributed by atoms with Crippen LogP contribution in [-0.4, -0.2) is 38.0 Å². The van der Waals surface area contributed by atoms with Crippen LogP contribution < -0.4 is 11.1 Å². The van der Waals surface area contributed by atoms with Gasteiger partial charge in [0.25, 0.3) is 0 Å². The Hall–Kier alpha value is -1.20. The van der Waals surface area contributed by atoms with E-state index in [4.69, 9.17) is 10.5 Å². The molecule has 3 N–H and O–H groups in total. The minimum atomic E-state index is 0.176. The van der Waals surface area contributed by atoms with Gasteiger partial charge in [0.2, 0.25) is 0 Å². The van der Waals surface area contributed by atoms with Crippen LogP contribution >= 0.6 is 11.8 Å². The van der Waals surface area contributed by atoms with Crippen LogP contribution in [0.5, 0.6) is 0 Å². The zero-order valence-corrected chi connectivity index (χ0v) is 13.0. The second-order valence-corrected chi connectivity index (χ2v) is 6.35. The van der Waals surface area contributed by atoms with Gasteiger partial charge in [-0.15, -0.1) is 0 Å². The highest BCUT2D eigenvalue weighted by molar-refractivity contribution is 7.99. The molecule has 20 heavy (non-hydrogen) atoms. The SMILES string of the molecule is COCC(C)NC(N)=NCC1SCCc2ccccc21. The smallest absolute Gasteiger partial charge is 0.188 e. The van der Waals surface area contributed by atoms with E-state index in [1.165, 1.54) is 11.1 Å². The lowest BCUT2D eigenvalue weighted by Gasteiger charge is -2.24. The van der Waals surface area contributed by atoms with Crippen molar-refractivity contribution in [2.75, 3.05) is 26.0 Å². The molecule has 0 aliphatic carbocycles. The Kier molecular flexibility index (Phi) is 5.73. The van der Waals surface area contributed by atoms with Gasteiger partial charge in [-0.1, -0.05) is 24.3 Å². The number of aliphatic imine (C=N–C) groups is 1. The minimum absolute atomic E-state index is 0.176. The molecule has 0 radical (unpaired) electrons. The molecule has 0 saturated carbocycles. The molecule has 5 heteroatoms. The number of nitrogens with one attached hydrogen (secondary N) is 1. The predicted octanol–water partition coefficient (Wildman–Crippen LogP) is 1.96. The maximum atomic E-state index is 5.92. The van der Waals surface area contributed by atoms with E-state index in [9.17, 15) is 0 Å². The first-order chi connectivity index (χ1) is 9.70. The number of hydrogen-bond donors (Lipinski definition) is 2. The number of aryl methyl sites for hydroxylation is 1. The van der Waals surface area contributed by atoms with E-state index in [2.05, 4.69) is 34.6 Å². The van der Waals surface area contributed by atoms with Gasteiger partial charge >= 0.3 is 0 Å². The third-order valence-electron chi connectivity index (χ3n) is 3.33. The highest BCUT2D eigenvalue weighted by Crippen LogP contribution is 2.36. The molecular formula is C15H23N3OS. The normalized spacial score (nSPS) is 20.3. The van der Waals surface area contributed by atoms with Crippen molar-refractivity contribution < 1.29 is 4.74 Å². The first kappa shape index (κ1) is 15.2. The fourth-order valence-electron chi connectivity index (χ4n) is 2.40. The van der Waals surface area contributed by atoms with Gasteiger partial charge in [-0.3, -0.25) is 4.99 Å². The van der Waals surface area contributed by atoms with Crippen molar-refractivity contribution in [3.63, 3.8) is 0 Å². The number of hydrogen-bond acceptors (Lipinski definition) is 3. The van der Waals surface area contributed by atoms with Gasteiger partial charge in [-0.05, 0) is 30.2 Å². The lowest BCUT2D eigenvalue weighted by Crippen LogP contribution is -2.40. The van der Waals surface area contributed by atoms with Gasteiger partial charge in [-0.2, -0.15) is 11.8 Å². The summed E-state index contributed by atoms with van der Waals surface area (Å²) in [4.78, 5) is 4.48. The number of guanidine groups is 1. The number of rotatable bonds is 5. The van der Waals surface area contributed by atoms with Crippen LogP contribution in [0, 0.1) is 0 Å². The number of ether oxygens (including phenoxy) is 1. The predicted molar refractivity (Wildman–Crippen MR) is 86.3 cm³/mol. The topological polar surface area (TPSA) is 59.6 Å². The average Bonchev–Trinajstić information content (AvgIpc) is 2.45. The van der Waals surface area contributed by atoms with Crippen molar-refractivity contribution >= 4 is 17.7 Å². The quantitative estimate of drug-likeness (QED) is 0.643. The summed E-state index contributed by atoms with van der Waals surface area (Å²) in [5.41, 5.74) is 8.77. The van der Waals surface area contributed by atoms with Crippen molar-refractivity contribution in [1.29, 1.82) is 0 Å². The molecule has 0 spiro atoms. The Morgan fingerprint density at radius 2 is 2.35 bits per heavy atom. The van der Waals surface area contributed by atoms with E-state index < -0.39 is 0 Å². The number of nitrogens with two attached hydrogens (primary N) is 1. The van der Waals surface area contributed by atoms with Gasteiger partial charge < -0.3 is 15.8 Å². The summed E-state index contributed by atoms with van der Waals surface area (Å²) in [6, 6.07) is 8.81. The molecule has 2 rings (SSSR count). The molecule has 0 bridgehead atoms. The largest absolute Gasteiger partial charge is 0.383 e. The first-order valence-corrected chi connectivity index (χ1v) is 8.00. The van der Waals surface area contributed by atoms with Crippen LogP contribution in [0.4, 0.5) is 0 Å². The highest BCUT2D eigenvalue weighted by Gasteiger charge is 2.19. The van der Waals surface area contributed by atoms with E-state index in [-0.39, 0.29) is 6.04 Å². The van der Waals surface area contributed by atoms with E-state index in [0.29, 0.717) is 17.8 Å². The summed E-state index contributed by atoms with van der Waals surface area (Å²) in [6.45, 7) is 3.37. The molecule has 1 aromatic rings. The molecule has 1 aromatic carbocycles. The van der Waals surface area contributed by atoms with Crippen molar-refractivity contribution in [2.24, 2.45) is 10.7 Å². The number of benzene rings is 1. The number of thioether (sulfide) groups is 1. The van der Waals surface area contributed by atoms with E-state index in [1.54, 1.807) is 7.11 Å². The Bertz CT molecular complexity index is 464. The van der Waals surface area contributed by atoms with Crippen LogP contribution in [0.3, 0.4) is 0 Å². The van der Waals surface area contributed by atoms with Crippen LogP contribution in [0.1, 0.15) is 23.3 Å². The third kappa shape index (κ3) is 4.15. The molecule has 110 valence electrons. The fourth-order valence-corrected chi connectivity index (χ4v) is 3.61. The molecular weight excluding hydrogens is 270 g/mol. The maximum absolute atomic E-state index is 5.92. The third-order valence-corrected chi connectivity index (χ3v) is 4.58. The first-order valence-electron chi connectivity index (χ1n) is 6.95. The van der Waals surface area contributed by atoms with Crippen LogP contribution in [-0.2, 0) is 11.2 Å². The Balaban J connectivity index is 1.94. The van der Waals surface area contributed by atoms with Gasteiger partial charge in [-0.25, -0.2) is 0 Å². The standard InChI is InChI=1S/C15H23N3OS/c1-11(10-19-2)18-15(16)17-9-14-13-6-4-3-5-12(13)7-8-20-14/h3-6,11,14H,7-10H2,1-2H3,(H3,16,17,18). The summed E-state index contributed by atoms with van der Waals surface area (Å²) < 4.78 is 5.07. The molecule has 1 heterocycles. The molecule has 2 unspecified atom stereocenters. The molecule has 2 atom stereocenters. The fraction of sp³-hybridized carbons (Fsp3) is 0.533. The van der Waals surface area contributed by atoms with Crippen molar-refractivity contribution in [3.8, 4) is 0 Å².